The van der Waals surface area contributed by atoms with Crippen molar-refractivity contribution in [1.29, 1.82) is 0 Å². The first-order valence-corrected chi connectivity index (χ1v) is 13.1. The third-order valence-corrected chi connectivity index (χ3v) is 8.30. The number of hydrogen-bond acceptors (Lipinski definition) is 6. The molecule has 33 heavy (non-hydrogen) atoms. The molecule has 0 aliphatic rings. The summed E-state index contributed by atoms with van der Waals surface area (Å²) in [7, 11) is -1.98. The molecule has 0 unspecified atom stereocenters. The summed E-state index contributed by atoms with van der Waals surface area (Å²) in [5.74, 6) is 0.248. The predicted octanol–water partition coefficient (Wildman–Crippen LogP) is 3.52. The number of methoxy groups -OCH3 is 1. The van der Waals surface area contributed by atoms with Crippen LogP contribution in [0.3, 0.4) is 0 Å². The van der Waals surface area contributed by atoms with Crippen LogP contribution in [0.1, 0.15) is 31.1 Å². The molecule has 3 aromatic rings. The van der Waals surface area contributed by atoms with Gasteiger partial charge in [-0.05, 0) is 43.3 Å². The van der Waals surface area contributed by atoms with Crippen LogP contribution in [-0.2, 0) is 21.3 Å². The molecular weight excluding hydrogens is 462 g/mol. The number of amides is 1. The second-order valence-corrected chi connectivity index (χ2v) is 10.0. The van der Waals surface area contributed by atoms with Gasteiger partial charge in [-0.2, -0.15) is 9.30 Å². The van der Waals surface area contributed by atoms with Crippen LogP contribution in [0.15, 0.2) is 52.4 Å². The molecule has 0 atom stereocenters. The van der Waals surface area contributed by atoms with Crippen molar-refractivity contribution in [3.8, 4) is 5.75 Å². The minimum atomic E-state index is -3.59. The van der Waals surface area contributed by atoms with Crippen molar-refractivity contribution in [3.05, 3.63) is 52.8 Å². The molecule has 178 valence electrons. The number of carbonyl (C=O) groups is 1. The number of thiazole rings is 1. The maximum Gasteiger partial charge on any atom is 0.279 e. The van der Waals surface area contributed by atoms with Gasteiger partial charge in [0.2, 0.25) is 10.0 Å². The van der Waals surface area contributed by atoms with E-state index in [2.05, 4.69) is 4.99 Å². The molecule has 2 aromatic carbocycles. The molecular formula is C23H29N3O5S2. The van der Waals surface area contributed by atoms with E-state index in [1.807, 2.05) is 29.7 Å². The van der Waals surface area contributed by atoms with E-state index in [1.54, 1.807) is 21.0 Å². The average Bonchev–Trinajstić information content (AvgIpc) is 3.17. The lowest BCUT2D eigenvalue weighted by atomic mass is 10.2. The van der Waals surface area contributed by atoms with Gasteiger partial charge in [0.1, 0.15) is 11.3 Å². The van der Waals surface area contributed by atoms with Crippen LogP contribution in [-0.4, -0.2) is 56.6 Å². The van der Waals surface area contributed by atoms with Gasteiger partial charge >= 0.3 is 0 Å². The van der Waals surface area contributed by atoms with E-state index in [0.29, 0.717) is 49.0 Å². The molecule has 0 saturated carbocycles. The Bertz CT molecular complexity index is 1270. The molecule has 0 radical (unpaired) electrons. The number of aromatic nitrogens is 1. The van der Waals surface area contributed by atoms with Gasteiger partial charge in [-0.15, -0.1) is 0 Å². The third-order valence-electron chi connectivity index (χ3n) is 5.19. The number of nitrogens with zero attached hydrogens (tertiary/aromatic N) is 3. The Morgan fingerprint density at radius 3 is 2.39 bits per heavy atom. The molecule has 8 nitrogen and oxygen atoms in total. The highest BCUT2D eigenvalue weighted by molar-refractivity contribution is 7.89. The van der Waals surface area contributed by atoms with Crippen molar-refractivity contribution in [2.75, 3.05) is 33.4 Å². The first-order chi connectivity index (χ1) is 15.9. The van der Waals surface area contributed by atoms with E-state index < -0.39 is 15.9 Å². The largest absolute Gasteiger partial charge is 0.495 e. The Hall–Kier alpha value is -2.53. The lowest BCUT2D eigenvalue weighted by Gasteiger charge is -2.18. The van der Waals surface area contributed by atoms with Crippen molar-refractivity contribution in [2.45, 2.75) is 32.2 Å². The number of sulfonamides is 1. The molecule has 0 bridgehead atoms. The summed E-state index contributed by atoms with van der Waals surface area (Å²) in [6, 6.07) is 11.6. The molecule has 1 heterocycles. The van der Waals surface area contributed by atoms with Gasteiger partial charge in [-0.3, -0.25) is 4.79 Å². The van der Waals surface area contributed by atoms with Gasteiger partial charge < -0.3 is 14.0 Å². The molecule has 0 aliphatic carbocycles. The zero-order chi connectivity index (χ0) is 24.0. The van der Waals surface area contributed by atoms with E-state index in [-0.39, 0.29) is 4.90 Å². The lowest BCUT2D eigenvalue weighted by molar-refractivity contribution is 0.0996. The van der Waals surface area contributed by atoms with E-state index in [0.717, 1.165) is 10.2 Å². The van der Waals surface area contributed by atoms with E-state index in [1.165, 1.54) is 39.9 Å². The van der Waals surface area contributed by atoms with E-state index in [9.17, 15) is 13.2 Å². The maximum atomic E-state index is 12.9. The molecule has 0 aliphatic heterocycles. The molecule has 0 fully saturated rings. The van der Waals surface area contributed by atoms with Gasteiger partial charge in [0.05, 0.1) is 23.3 Å². The SMILES string of the molecule is CCOCCn1c(=NC(=O)c2ccc(S(=O)(=O)N(CC)CC)cc2)sc2cccc(OC)c21. The number of carbonyl (C=O) groups excluding carboxylic acids is 1. The molecule has 3 rings (SSSR count). The molecule has 1 aromatic heterocycles. The van der Waals surface area contributed by atoms with E-state index >= 15 is 0 Å². The van der Waals surface area contributed by atoms with Crippen LogP contribution in [0, 0.1) is 0 Å². The van der Waals surface area contributed by atoms with Gasteiger partial charge in [-0.25, -0.2) is 8.42 Å². The number of ether oxygens (including phenoxy) is 2. The lowest BCUT2D eigenvalue weighted by Crippen LogP contribution is -2.30. The Labute approximate surface area is 198 Å². The quantitative estimate of drug-likeness (QED) is 0.405. The highest BCUT2D eigenvalue weighted by atomic mass is 32.2. The number of fused-ring (bicyclic) bond motifs is 1. The molecule has 0 N–H and O–H groups in total. The summed E-state index contributed by atoms with van der Waals surface area (Å²) in [6.07, 6.45) is 0. The number of hydrogen-bond donors (Lipinski definition) is 0. The van der Waals surface area contributed by atoms with Gasteiger partial charge in [0, 0.05) is 31.8 Å². The number of rotatable bonds is 10. The first-order valence-electron chi connectivity index (χ1n) is 10.8. The fraction of sp³-hybridized carbons (Fsp3) is 0.391. The van der Waals surface area contributed by atoms with Crippen molar-refractivity contribution in [1.82, 2.24) is 8.87 Å². The minimum absolute atomic E-state index is 0.154. The Morgan fingerprint density at radius 1 is 1.09 bits per heavy atom. The summed E-state index contributed by atoms with van der Waals surface area (Å²) >= 11 is 1.39. The number of para-hydroxylation sites is 1. The van der Waals surface area contributed by atoms with Crippen LogP contribution in [0.5, 0.6) is 5.75 Å². The van der Waals surface area contributed by atoms with Crippen molar-refractivity contribution < 1.29 is 22.7 Å². The topological polar surface area (TPSA) is 90.2 Å². The zero-order valence-electron chi connectivity index (χ0n) is 19.3. The van der Waals surface area contributed by atoms with Crippen LogP contribution in [0.4, 0.5) is 0 Å². The van der Waals surface area contributed by atoms with Gasteiger partial charge in [0.25, 0.3) is 5.91 Å². The van der Waals surface area contributed by atoms with Crippen LogP contribution < -0.4 is 9.54 Å². The fourth-order valence-electron chi connectivity index (χ4n) is 3.49. The van der Waals surface area contributed by atoms with Crippen LogP contribution in [0.2, 0.25) is 0 Å². The summed E-state index contributed by atoms with van der Waals surface area (Å²) in [6.45, 7) is 7.85. The van der Waals surface area contributed by atoms with Crippen LogP contribution in [0.25, 0.3) is 10.2 Å². The Balaban J connectivity index is 2.00. The Kier molecular flexibility index (Phi) is 8.41. The Morgan fingerprint density at radius 2 is 1.79 bits per heavy atom. The fourth-order valence-corrected chi connectivity index (χ4v) is 6.02. The van der Waals surface area contributed by atoms with Crippen molar-refractivity contribution >= 4 is 37.5 Å². The maximum absolute atomic E-state index is 12.9. The molecule has 0 spiro atoms. The van der Waals surface area contributed by atoms with Crippen molar-refractivity contribution in [3.63, 3.8) is 0 Å². The summed E-state index contributed by atoms with van der Waals surface area (Å²) in [4.78, 5) is 18.0. The third kappa shape index (κ3) is 5.35. The summed E-state index contributed by atoms with van der Waals surface area (Å²) in [5, 5.41) is 0. The summed E-state index contributed by atoms with van der Waals surface area (Å²) in [5.41, 5.74) is 1.17. The normalized spacial score (nSPS) is 12.6. The van der Waals surface area contributed by atoms with Crippen molar-refractivity contribution in [2.24, 2.45) is 4.99 Å². The highest BCUT2D eigenvalue weighted by Crippen LogP contribution is 2.27. The summed E-state index contributed by atoms with van der Waals surface area (Å²) < 4.78 is 40.6. The smallest absolute Gasteiger partial charge is 0.279 e. The molecule has 1 amide bonds. The predicted molar refractivity (Wildman–Crippen MR) is 129 cm³/mol. The number of benzene rings is 2. The van der Waals surface area contributed by atoms with Gasteiger partial charge in [0.15, 0.2) is 4.80 Å². The zero-order valence-corrected chi connectivity index (χ0v) is 20.9. The first kappa shape index (κ1) is 25.1. The molecule has 10 heteroatoms. The monoisotopic (exact) mass is 491 g/mol. The van der Waals surface area contributed by atoms with Gasteiger partial charge in [-0.1, -0.05) is 31.3 Å². The minimum Gasteiger partial charge on any atom is -0.495 e. The average molecular weight is 492 g/mol. The van der Waals surface area contributed by atoms with E-state index in [4.69, 9.17) is 9.47 Å². The standard InChI is InChI=1S/C23H29N3O5S2/c1-5-25(6-2)33(28,29)18-13-11-17(12-14-18)22(27)24-23-26(15-16-31-7-3)21-19(30-4)9-8-10-20(21)32-23/h8-14H,5-7,15-16H2,1-4H3. The second-order valence-electron chi connectivity index (χ2n) is 7.07. The van der Waals surface area contributed by atoms with Crippen LogP contribution >= 0.6 is 11.3 Å². The highest BCUT2D eigenvalue weighted by Gasteiger charge is 2.21. The second kappa shape index (κ2) is 11.1. The molecule has 0 saturated heterocycles.